The topological polar surface area (TPSA) is 118 Å². The van der Waals surface area contributed by atoms with Crippen LogP contribution in [-0.2, 0) is 11.0 Å². The summed E-state index contributed by atoms with van der Waals surface area (Å²) < 4.78 is 103. The lowest BCUT2D eigenvalue weighted by molar-refractivity contribution is -0.137. The van der Waals surface area contributed by atoms with E-state index >= 15 is 4.39 Å². The maximum Gasteiger partial charge on any atom is 0.417 e. The standard InChI is InChI=1S/C35H32F6N6O3S/c1-3-23-24(8-11-47(23)25(48)4-2)50-32-19-12-21(35(39,40)41)27(18-6-7-22(37)30-26(18)20(14-42)31(43)51-30)28(38)29(19)44-33(45-32)49-16-34-9-5-10-46(34)15-17(36)13-34/h4,6-7,12,17,23-24H,2-3,5,8-11,13,15-16,43H2,1H3/t17-,23+,24-,34+/m1/s1. The van der Waals surface area contributed by atoms with Crippen LogP contribution in [0.1, 0.15) is 50.2 Å². The second-order valence-electron chi connectivity index (χ2n) is 13.1. The number of anilines is 1. The molecule has 0 bridgehead atoms. The van der Waals surface area contributed by atoms with Crippen LogP contribution < -0.4 is 15.2 Å². The lowest BCUT2D eigenvalue weighted by Crippen LogP contribution is -2.43. The lowest BCUT2D eigenvalue weighted by atomic mass is 9.92. The molecule has 3 saturated heterocycles. The first-order chi connectivity index (χ1) is 24.3. The molecule has 5 heterocycles. The van der Waals surface area contributed by atoms with Crippen LogP contribution in [0.25, 0.3) is 32.1 Å². The molecule has 0 saturated carbocycles. The highest BCUT2D eigenvalue weighted by atomic mass is 32.1. The molecule has 2 N–H and O–H groups in total. The Morgan fingerprint density at radius 1 is 1.27 bits per heavy atom. The number of fused-ring (bicyclic) bond motifs is 3. The van der Waals surface area contributed by atoms with Gasteiger partial charge in [-0.3, -0.25) is 9.69 Å². The van der Waals surface area contributed by atoms with Crippen LogP contribution in [0.15, 0.2) is 30.9 Å². The van der Waals surface area contributed by atoms with Crippen molar-refractivity contribution in [1.29, 1.82) is 5.26 Å². The van der Waals surface area contributed by atoms with Gasteiger partial charge < -0.3 is 20.1 Å². The number of halogens is 6. The van der Waals surface area contributed by atoms with Gasteiger partial charge in [-0.05, 0) is 49.6 Å². The van der Waals surface area contributed by atoms with Crippen LogP contribution in [0.2, 0.25) is 0 Å². The van der Waals surface area contributed by atoms with Gasteiger partial charge in [-0.2, -0.15) is 28.4 Å². The third kappa shape index (κ3) is 5.80. The number of aromatic nitrogens is 2. The molecule has 1 amide bonds. The number of nitrogens with zero attached hydrogens (tertiary/aromatic N) is 5. The van der Waals surface area contributed by atoms with Crippen molar-refractivity contribution in [1.82, 2.24) is 19.8 Å². The maximum absolute atomic E-state index is 17.0. The third-order valence-corrected chi connectivity index (χ3v) is 11.3. The van der Waals surface area contributed by atoms with E-state index in [4.69, 9.17) is 15.2 Å². The molecule has 3 aliphatic heterocycles. The highest BCUT2D eigenvalue weighted by Gasteiger charge is 2.49. The zero-order valence-electron chi connectivity index (χ0n) is 27.3. The Labute approximate surface area is 292 Å². The van der Waals surface area contributed by atoms with E-state index in [-0.39, 0.29) is 52.7 Å². The van der Waals surface area contributed by atoms with Crippen LogP contribution in [0.4, 0.5) is 31.3 Å². The number of amides is 1. The van der Waals surface area contributed by atoms with Crippen LogP contribution in [0.5, 0.6) is 11.9 Å². The molecule has 51 heavy (non-hydrogen) atoms. The highest BCUT2D eigenvalue weighted by Crippen LogP contribution is 2.48. The first-order valence-electron chi connectivity index (χ1n) is 16.4. The monoisotopic (exact) mass is 730 g/mol. The van der Waals surface area contributed by atoms with Gasteiger partial charge in [0.2, 0.25) is 11.8 Å². The summed E-state index contributed by atoms with van der Waals surface area (Å²) in [7, 11) is 0. The first-order valence-corrected chi connectivity index (χ1v) is 17.3. The highest BCUT2D eigenvalue weighted by molar-refractivity contribution is 7.23. The molecule has 3 aliphatic rings. The Balaban J connectivity index is 1.43. The van der Waals surface area contributed by atoms with Crippen LogP contribution in [-0.4, -0.2) is 75.8 Å². The number of carbonyl (C=O) groups excluding carboxylic acids is 1. The Hall–Kier alpha value is -4.62. The van der Waals surface area contributed by atoms with E-state index < -0.39 is 81.2 Å². The number of ether oxygens (including phenoxy) is 2. The van der Waals surface area contributed by atoms with Crippen LogP contribution >= 0.6 is 11.3 Å². The second-order valence-corrected chi connectivity index (χ2v) is 14.1. The number of hydrogen-bond donors (Lipinski definition) is 1. The Morgan fingerprint density at radius 2 is 2.06 bits per heavy atom. The smallest absolute Gasteiger partial charge is 0.417 e. The summed E-state index contributed by atoms with van der Waals surface area (Å²) in [5.41, 5.74) is 1.58. The Kier molecular flexibility index (Phi) is 8.78. The van der Waals surface area contributed by atoms with Gasteiger partial charge in [-0.1, -0.05) is 19.6 Å². The number of rotatable bonds is 8. The van der Waals surface area contributed by atoms with Crippen molar-refractivity contribution in [3.05, 3.63) is 53.6 Å². The van der Waals surface area contributed by atoms with E-state index in [1.807, 2.05) is 11.8 Å². The fourth-order valence-electron chi connectivity index (χ4n) is 7.96. The Bertz CT molecular complexity index is 2120. The zero-order chi connectivity index (χ0) is 36.4. The molecule has 2 aromatic heterocycles. The van der Waals surface area contributed by atoms with Gasteiger partial charge in [0.15, 0.2) is 5.82 Å². The van der Waals surface area contributed by atoms with E-state index in [1.54, 1.807) is 11.0 Å². The maximum atomic E-state index is 17.0. The molecular weight excluding hydrogens is 698 g/mol. The minimum atomic E-state index is -5.16. The van der Waals surface area contributed by atoms with E-state index in [9.17, 15) is 32.0 Å². The van der Waals surface area contributed by atoms with Crippen molar-refractivity contribution in [2.75, 3.05) is 32.0 Å². The summed E-state index contributed by atoms with van der Waals surface area (Å²) in [6, 6.07) is 3.42. The van der Waals surface area contributed by atoms with E-state index in [2.05, 4.69) is 16.5 Å². The van der Waals surface area contributed by atoms with Gasteiger partial charge in [-0.15, -0.1) is 11.3 Å². The van der Waals surface area contributed by atoms with Crippen LogP contribution in [0, 0.1) is 23.0 Å². The van der Waals surface area contributed by atoms with E-state index in [1.165, 1.54) is 0 Å². The zero-order valence-corrected chi connectivity index (χ0v) is 28.1. The van der Waals surface area contributed by atoms with E-state index in [0.717, 1.165) is 24.6 Å². The molecule has 16 heteroatoms. The SMILES string of the molecule is C=CC(=O)N1CC[C@@H](Oc2nc(OC[C@@]34CCCN3C[C@H](F)C4)nc3c(F)c(-c4ccc(F)c5sc(N)c(C#N)c45)c(C(F)(F)F)cc23)[C@@H]1CC. The molecular formula is C35H32F6N6O3S. The minimum Gasteiger partial charge on any atom is -0.471 e. The summed E-state index contributed by atoms with van der Waals surface area (Å²) in [4.78, 5) is 24.7. The van der Waals surface area contributed by atoms with Gasteiger partial charge in [0.05, 0.1) is 32.8 Å². The molecule has 0 spiro atoms. The fourth-order valence-corrected chi connectivity index (χ4v) is 8.91. The van der Waals surface area contributed by atoms with Crippen molar-refractivity contribution in [3.8, 4) is 29.1 Å². The van der Waals surface area contributed by atoms with Gasteiger partial charge >= 0.3 is 12.2 Å². The van der Waals surface area contributed by atoms with Crippen molar-refractivity contribution in [3.63, 3.8) is 0 Å². The van der Waals surface area contributed by atoms with Crippen molar-refractivity contribution >= 4 is 43.2 Å². The summed E-state index contributed by atoms with van der Waals surface area (Å²) in [5, 5.41) is 8.98. The van der Waals surface area contributed by atoms with Crippen molar-refractivity contribution in [2.45, 2.75) is 69.1 Å². The molecule has 9 nitrogen and oxygen atoms in total. The average Bonchev–Trinajstić information content (AvgIpc) is 3.84. The molecule has 4 atom stereocenters. The van der Waals surface area contributed by atoms with Gasteiger partial charge in [0, 0.05) is 36.9 Å². The summed E-state index contributed by atoms with van der Waals surface area (Å²) in [6.07, 6.45) is -3.43. The molecule has 0 unspecified atom stereocenters. The quantitative estimate of drug-likeness (QED) is 0.150. The molecule has 4 aromatic rings. The third-order valence-electron chi connectivity index (χ3n) is 10.2. The summed E-state index contributed by atoms with van der Waals surface area (Å²) in [6.45, 7) is 6.47. The average molecular weight is 731 g/mol. The number of nitrogen functional groups attached to an aromatic ring is 1. The number of likely N-dealkylation sites (tertiary alicyclic amines) is 1. The molecule has 268 valence electrons. The molecule has 3 fully saturated rings. The largest absolute Gasteiger partial charge is 0.471 e. The number of carbonyl (C=O) groups is 1. The normalized spacial score (nSPS) is 23.6. The molecule has 0 aliphatic carbocycles. The molecule has 2 aromatic carbocycles. The summed E-state index contributed by atoms with van der Waals surface area (Å²) >= 11 is 0.662. The number of nitrogens with two attached hydrogens (primary N) is 1. The van der Waals surface area contributed by atoms with E-state index in [0.29, 0.717) is 43.2 Å². The van der Waals surface area contributed by atoms with Crippen molar-refractivity contribution in [2.24, 2.45) is 0 Å². The minimum absolute atomic E-state index is 0.0611. The second kappa shape index (κ2) is 12.9. The number of thiophene rings is 1. The van der Waals surface area contributed by atoms with Gasteiger partial charge in [0.1, 0.15) is 41.3 Å². The lowest BCUT2D eigenvalue weighted by Gasteiger charge is -2.31. The summed E-state index contributed by atoms with van der Waals surface area (Å²) in [5.74, 6) is -3.03. The number of alkyl halides is 4. The van der Waals surface area contributed by atoms with Gasteiger partial charge in [0.25, 0.3) is 0 Å². The van der Waals surface area contributed by atoms with Crippen LogP contribution in [0.3, 0.4) is 0 Å². The number of benzene rings is 2. The predicted octanol–water partition coefficient (Wildman–Crippen LogP) is 7.16. The number of hydrogen-bond acceptors (Lipinski definition) is 9. The van der Waals surface area contributed by atoms with Crippen molar-refractivity contribution < 1.29 is 40.6 Å². The predicted molar refractivity (Wildman–Crippen MR) is 178 cm³/mol. The number of nitriles is 1. The first kappa shape index (κ1) is 34.8. The molecule has 0 radical (unpaired) electrons. The fraction of sp³-hybridized carbons (Fsp3) is 0.429. The van der Waals surface area contributed by atoms with Gasteiger partial charge in [-0.25, -0.2) is 13.2 Å². The molecule has 7 rings (SSSR count). The Morgan fingerprint density at radius 3 is 2.76 bits per heavy atom.